The highest BCUT2D eigenvalue weighted by molar-refractivity contribution is 5.40. The molecular weight excluding hydrogens is 210 g/mol. The van der Waals surface area contributed by atoms with E-state index in [9.17, 15) is 13.9 Å². The Labute approximate surface area is 94.1 Å². The Bertz CT molecular complexity index is 387. The number of aliphatic hydroxyl groups is 1. The lowest BCUT2D eigenvalue weighted by Crippen LogP contribution is -2.27. The van der Waals surface area contributed by atoms with Gasteiger partial charge in [0, 0.05) is 0 Å². The van der Waals surface area contributed by atoms with Crippen LogP contribution in [0.1, 0.15) is 43.4 Å². The van der Waals surface area contributed by atoms with E-state index in [1.807, 2.05) is 13.8 Å². The number of fused-ring (bicyclic) bond motifs is 1. The molecule has 1 aromatic rings. The summed E-state index contributed by atoms with van der Waals surface area (Å²) >= 11 is 0. The quantitative estimate of drug-likeness (QED) is 0.818. The van der Waals surface area contributed by atoms with Gasteiger partial charge >= 0.3 is 0 Å². The second-order valence-electron chi connectivity index (χ2n) is 4.89. The second kappa shape index (κ2) is 3.81. The van der Waals surface area contributed by atoms with E-state index < -0.39 is 17.9 Å². The average Bonchev–Trinajstić information content (AvgIpc) is 2.40. The van der Waals surface area contributed by atoms with E-state index in [0.29, 0.717) is 17.5 Å². The molecule has 0 spiro atoms. The summed E-state index contributed by atoms with van der Waals surface area (Å²) in [6.45, 7) is 3.84. The molecule has 1 nitrogen and oxygen atoms in total. The largest absolute Gasteiger partial charge is 0.382 e. The van der Waals surface area contributed by atoms with Gasteiger partial charge in [0.15, 0.2) is 0 Å². The van der Waals surface area contributed by atoms with Gasteiger partial charge in [-0.3, -0.25) is 0 Å². The Morgan fingerprint density at radius 1 is 1.25 bits per heavy atom. The van der Waals surface area contributed by atoms with Crippen molar-refractivity contribution in [3.63, 3.8) is 0 Å². The van der Waals surface area contributed by atoms with Gasteiger partial charge in [0.1, 0.15) is 6.10 Å². The van der Waals surface area contributed by atoms with Crippen molar-refractivity contribution >= 4 is 0 Å². The smallest absolute Gasteiger partial charge is 0.284 e. The van der Waals surface area contributed by atoms with Crippen molar-refractivity contribution in [3.8, 4) is 0 Å². The molecule has 0 radical (unpaired) electrons. The monoisotopic (exact) mass is 226 g/mol. The van der Waals surface area contributed by atoms with Crippen molar-refractivity contribution in [2.75, 3.05) is 0 Å². The Morgan fingerprint density at radius 3 is 2.38 bits per heavy atom. The first-order chi connectivity index (χ1) is 7.44. The summed E-state index contributed by atoms with van der Waals surface area (Å²) in [6.07, 6.45) is -1.24. The SMILES string of the molecule is CC(C)CC1c2ccccc2C(O)C1(F)F. The highest BCUT2D eigenvalue weighted by atomic mass is 19.3. The summed E-state index contributed by atoms with van der Waals surface area (Å²) in [5.41, 5.74) is 0.992. The predicted octanol–water partition coefficient (Wildman–Crippen LogP) is 3.50. The molecule has 2 atom stereocenters. The van der Waals surface area contributed by atoms with E-state index in [2.05, 4.69) is 0 Å². The molecule has 0 saturated heterocycles. The number of aliphatic hydroxyl groups excluding tert-OH is 1. The summed E-state index contributed by atoms with van der Waals surface area (Å²) in [4.78, 5) is 0. The fourth-order valence-corrected chi connectivity index (χ4v) is 2.44. The third kappa shape index (κ3) is 1.63. The van der Waals surface area contributed by atoms with Gasteiger partial charge in [0.05, 0.1) is 5.92 Å². The molecular formula is C13H16F2O. The maximum atomic E-state index is 13.9. The molecule has 16 heavy (non-hydrogen) atoms. The molecule has 0 amide bonds. The zero-order valence-corrected chi connectivity index (χ0v) is 9.45. The molecule has 3 heteroatoms. The fourth-order valence-electron chi connectivity index (χ4n) is 2.44. The van der Waals surface area contributed by atoms with Crippen LogP contribution in [0.15, 0.2) is 24.3 Å². The molecule has 0 saturated carbocycles. The normalized spacial score (nSPS) is 27.1. The zero-order chi connectivity index (χ0) is 11.9. The van der Waals surface area contributed by atoms with E-state index in [0.717, 1.165) is 0 Å². The number of rotatable bonds is 2. The Balaban J connectivity index is 2.43. The lowest BCUT2D eigenvalue weighted by Gasteiger charge is -2.23. The lowest BCUT2D eigenvalue weighted by molar-refractivity contribution is -0.118. The number of halogens is 2. The maximum absolute atomic E-state index is 13.9. The van der Waals surface area contributed by atoms with Crippen LogP contribution in [0.3, 0.4) is 0 Å². The molecule has 1 aliphatic carbocycles. The fraction of sp³-hybridized carbons (Fsp3) is 0.538. The third-order valence-corrected chi connectivity index (χ3v) is 3.20. The summed E-state index contributed by atoms with van der Waals surface area (Å²) in [5, 5.41) is 9.64. The number of hydrogen-bond donors (Lipinski definition) is 1. The predicted molar refractivity (Wildman–Crippen MR) is 58.5 cm³/mol. The van der Waals surface area contributed by atoms with E-state index in [4.69, 9.17) is 0 Å². The summed E-state index contributed by atoms with van der Waals surface area (Å²) in [6, 6.07) is 6.73. The Morgan fingerprint density at radius 2 is 1.81 bits per heavy atom. The molecule has 0 fully saturated rings. The number of hydrogen-bond acceptors (Lipinski definition) is 1. The van der Waals surface area contributed by atoms with Crippen LogP contribution >= 0.6 is 0 Å². The minimum Gasteiger partial charge on any atom is -0.382 e. The topological polar surface area (TPSA) is 20.2 Å². The van der Waals surface area contributed by atoms with Crippen molar-refractivity contribution < 1.29 is 13.9 Å². The average molecular weight is 226 g/mol. The van der Waals surface area contributed by atoms with E-state index in [-0.39, 0.29) is 5.92 Å². The highest BCUT2D eigenvalue weighted by Crippen LogP contribution is 2.53. The van der Waals surface area contributed by atoms with Gasteiger partial charge in [-0.15, -0.1) is 0 Å². The first kappa shape index (κ1) is 11.5. The summed E-state index contributed by atoms with van der Waals surface area (Å²) < 4.78 is 27.8. The molecule has 2 unspecified atom stereocenters. The summed E-state index contributed by atoms with van der Waals surface area (Å²) in [7, 11) is 0. The summed E-state index contributed by atoms with van der Waals surface area (Å²) in [5.74, 6) is -3.69. The van der Waals surface area contributed by atoms with E-state index in [1.165, 1.54) is 0 Å². The molecule has 2 rings (SSSR count). The van der Waals surface area contributed by atoms with Crippen LogP contribution in [0.25, 0.3) is 0 Å². The zero-order valence-electron chi connectivity index (χ0n) is 9.45. The van der Waals surface area contributed by atoms with Gasteiger partial charge in [-0.05, 0) is 23.5 Å². The van der Waals surface area contributed by atoms with Crippen LogP contribution in [0.2, 0.25) is 0 Å². The first-order valence-electron chi connectivity index (χ1n) is 5.59. The minimum atomic E-state index is -3.03. The molecule has 1 aliphatic rings. The third-order valence-electron chi connectivity index (χ3n) is 3.20. The van der Waals surface area contributed by atoms with Crippen LogP contribution < -0.4 is 0 Å². The van der Waals surface area contributed by atoms with Crippen molar-refractivity contribution in [2.24, 2.45) is 5.92 Å². The van der Waals surface area contributed by atoms with Crippen LogP contribution in [0, 0.1) is 5.92 Å². The molecule has 0 aromatic heterocycles. The van der Waals surface area contributed by atoms with Crippen LogP contribution in [-0.4, -0.2) is 11.0 Å². The standard InChI is InChI=1S/C13H16F2O/c1-8(2)7-11-9-5-3-4-6-10(9)12(16)13(11,14)15/h3-6,8,11-12,16H,7H2,1-2H3. The van der Waals surface area contributed by atoms with Crippen molar-refractivity contribution in [1.82, 2.24) is 0 Å². The molecule has 1 N–H and O–H groups in total. The molecule has 0 aliphatic heterocycles. The van der Waals surface area contributed by atoms with Crippen LogP contribution in [-0.2, 0) is 0 Å². The lowest BCUT2D eigenvalue weighted by atomic mass is 9.90. The van der Waals surface area contributed by atoms with Gasteiger partial charge in [-0.2, -0.15) is 0 Å². The highest BCUT2D eigenvalue weighted by Gasteiger charge is 2.54. The molecule has 1 aromatic carbocycles. The molecule has 88 valence electrons. The van der Waals surface area contributed by atoms with Gasteiger partial charge in [-0.1, -0.05) is 38.1 Å². The van der Waals surface area contributed by atoms with Gasteiger partial charge in [0.25, 0.3) is 5.92 Å². The van der Waals surface area contributed by atoms with E-state index >= 15 is 0 Å². The van der Waals surface area contributed by atoms with Crippen molar-refractivity contribution in [2.45, 2.75) is 38.2 Å². The molecule has 0 bridgehead atoms. The minimum absolute atomic E-state index is 0.189. The van der Waals surface area contributed by atoms with Crippen molar-refractivity contribution in [3.05, 3.63) is 35.4 Å². The Hall–Kier alpha value is -0.960. The maximum Gasteiger partial charge on any atom is 0.284 e. The Kier molecular flexibility index (Phi) is 2.74. The van der Waals surface area contributed by atoms with Crippen LogP contribution in [0.4, 0.5) is 8.78 Å². The number of alkyl halides is 2. The van der Waals surface area contributed by atoms with Crippen molar-refractivity contribution in [1.29, 1.82) is 0 Å². The first-order valence-corrected chi connectivity index (χ1v) is 5.59. The molecule has 0 heterocycles. The number of benzene rings is 1. The van der Waals surface area contributed by atoms with E-state index in [1.54, 1.807) is 24.3 Å². The van der Waals surface area contributed by atoms with Gasteiger partial charge < -0.3 is 5.11 Å². The van der Waals surface area contributed by atoms with Crippen LogP contribution in [0.5, 0.6) is 0 Å². The second-order valence-corrected chi connectivity index (χ2v) is 4.89. The van der Waals surface area contributed by atoms with Gasteiger partial charge in [-0.25, -0.2) is 8.78 Å². The van der Waals surface area contributed by atoms with Gasteiger partial charge in [0.2, 0.25) is 0 Å².